The molecule has 106 valence electrons. The number of amidine groups is 1. The van der Waals surface area contributed by atoms with Crippen LogP contribution in [-0.4, -0.2) is 28.5 Å². The van der Waals surface area contributed by atoms with Gasteiger partial charge in [-0.25, -0.2) is 4.39 Å². The summed E-state index contributed by atoms with van der Waals surface area (Å²) in [6, 6.07) is 4.97. The van der Waals surface area contributed by atoms with Crippen molar-refractivity contribution >= 4 is 21.8 Å². The van der Waals surface area contributed by atoms with Crippen LogP contribution in [0, 0.1) is 5.82 Å². The Balaban J connectivity index is 2.72. The number of rotatable bonds is 6. The van der Waals surface area contributed by atoms with Crippen molar-refractivity contribution in [1.82, 2.24) is 4.90 Å². The van der Waals surface area contributed by atoms with Gasteiger partial charge in [0.25, 0.3) is 0 Å². The highest BCUT2D eigenvalue weighted by atomic mass is 79.9. The Morgan fingerprint density at radius 2 is 2.21 bits per heavy atom. The Labute approximate surface area is 121 Å². The lowest BCUT2D eigenvalue weighted by atomic mass is 10.1. The zero-order valence-electron chi connectivity index (χ0n) is 11.1. The van der Waals surface area contributed by atoms with Crippen LogP contribution in [0.2, 0.25) is 0 Å². The van der Waals surface area contributed by atoms with Gasteiger partial charge in [0.15, 0.2) is 0 Å². The molecule has 0 saturated carbocycles. The van der Waals surface area contributed by atoms with Crippen molar-refractivity contribution in [2.75, 3.05) is 6.54 Å². The maximum absolute atomic E-state index is 13.0. The van der Waals surface area contributed by atoms with Crippen LogP contribution in [0.15, 0.2) is 27.8 Å². The molecule has 0 bridgehead atoms. The molecule has 6 heteroatoms. The fraction of sp³-hybridized carbons (Fsp3) is 0.462. The van der Waals surface area contributed by atoms with Crippen molar-refractivity contribution < 1.29 is 9.60 Å². The predicted octanol–water partition coefficient (Wildman–Crippen LogP) is 2.94. The zero-order valence-corrected chi connectivity index (χ0v) is 12.7. The van der Waals surface area contributed by atoms with E-state index in [1.54, 1.807) is 6.07 Å². The van der Waals surface area contributed by atoms with Gasteiger partial charge in [0.05, 0.1) is 0 Å². The second-order valence-electron chi connectivity index (χ2n) is 4.64. The summed E-state index contributed by atoms with van der Waals surface area (Å²) in [5.74, 6) is -0.0489. The number of hydrogen-bond donors (Lipinski definition) is 2. The van der Waals surface area contributed by atoms with Crippen molar-refractivity contribution in [3.05, 3.63) is 34.1 Å². The average molecular weight is 332 g/mol. The minimum absolute atomic E-state index is 0.212. The van der Waals surface area contributed by atoms with Crippen LogP contribution < -0.4 is 5.73 Å². The topological polar surface area (TPSA) is 61.8 Å². The van der Waals surface area contributed by atoms with Crippen LogP contribution >= 0.6 is 15.9 Å². The van der Waals surface area contributed by atoms with Crippen molar-refractivity contribution in [3.8, 4) is 0 Å². The van der Waals surface area contributed by atoms with E-state index >= 15 is 0 Å². The summed E-state index contributed by atoms with van der Waals surface area (Å²) >= 11 is 3.36. The van der Waals surface area contributed by atoms with Crippen molar-refractivity contribution in [3.63, 3.8) is 0 Å². The van der Waals surface area contributed by atoms with E-state index in [-0.39, 0.29) is 11.7 Å². The zero-order chi connectivity index (χ0) is 14.4. The van der Waals surface area contributed by atoms with E-state index in [9.17, 15) is 4.39 Å². The molecule has 0 aliphatic carbocycles. The third-order valence-electron chi connectivity index (χ3n) is 2.90. The SMILES string of the molecule is CC(C)N(CCC(N)=NO)Cc1ccc(F)cc1Br. The van der Waals surface area contributed by atoms with E-state index in [2.05, 4.69) is 39.8 Å². The highest BCUT2D eigenvalue weighted by Gasteiger charge is 2.13. The van der Waals surface area contributed by atoms with Crippen LogP contribution in [0.3, 0.4) is 0 Å². The molecule has 0 spiro atoms. The van der Waals surface area contributed by atoms with Crippen molar-refractivity contribution in [1.29, 1.82) is 0 Å². The van der Waals surface area contributed by atoms with E-state index in [0.29, 0.717) is 25.6 Å². The fourth-order valence-electron chi connectivity index (χ4n) is 1.70. The third-order valence-corrected chi connectivity index (χ3v) is 3.64. The van der Waals surface area contributed by atoms with Crippen molar-refractivity contribution in [2.24, 2.45) is 10.9 Å². The Bertz CT molecular complexity index is 452. The van der Waals surface area contributed by atoms with Crippen LogP contribution in [0.4, 0.5) is 4.39 Å². The first-order chi connectivity index (χ1) is 8.93. The highest BCUT2D eigenvalue weighted by Crippen LogP contribution is 2.20. The van der Waals surface area contributed by atoms with Gasteiger partial charge in [-0.05, 0) is 31.5 Å². The Morgan fingerprint density at radius 1 is 1.53 bits per heavy atom. The largest absolute Gasteiger partial charge is 0.409 e. The lowest BCUT2D eigenvalue weighted by molar-refractivity contribution is 0.217. The van der Waals surface area contributed by atoms with Gasteiger partial charge in [0.2, 0.25) is 0 Å². The van der Waals surface area contributed by atoms with Crippen molar-refractivity contribution in [2.45, 2.75) is 32.9 Å². The maximum Gasteiger partial charge on any atom is 0.140 e. The number of halogens is 2. The smallest absolute Gasteiger partial charge is 0.140 e. The second kappa shape index (κ2) is 7.45. The molecule has 0 unspecified atom stereocenters. The Hall–Kier alpha value is -1.14. The minimum Gasteiger partial charge on any atom is -0.409 e. The van der Waals surface area contributed by atoms with Gasteiger partial charge in [0.1, 0.15) is 11.7 Å². The molecule has 0 atom stereocenters. The Kier molecular flexibility index (Phi) is 6.24. The summed E-state index contributed by atoms with van der Waals surface area (Å²) in [5, 5.41) is 11.5. The van der Waals surface area contributed by atoms with E-state index in [4.69, 9.17) is 10.9 Å². The highest BCUT2D eigenvalue weighted by molar-refractivity contribution is 9.10. The summed E-state index contributed by atoms with van der Waals surface area (Å²) in [6.07, 6.45) is 0.494. The molecule has 0 amide bonds. The normalized spacial score (nSPS) is 12.4. The van der Waals surface area contributed by atoms with Gasteiger partial charge in [-0.2, -0.15) is 0 Å². The summed E-state index contributed by atoms with van der Waals surface area (Å²) in [5.41, 5.74) is 6.49. The van der Waals surface area contributed by atoms with E-state index in [1.165, 1.54) is 12.1 Å². The van der Waals surface area contributed by atoms with Gasteiger partial charge in [-0.1, -0.05) is 27.2 Å². The summed E-state index contributed by atoms with van der Waals surface area (Å²) in [6.45, 7) is 5.50. The van der Waals surface area contributed by atoms with Gasteiger partial charge in [0, 0.05) is 30.0 Å². The molecule has 1 aromatic carbocycles. The molecular weight excluding hydrogens is 313 g/mol. The molecule has 0 fully saturated rings. The molecular formula is C13H19BrFN3O. The van der Waals surface area contributed by atoms with Gasteiger partial charge in [-0.3, -0.25) is 4.90 Å². The number of nitrogens with zero attached hydrogens (tertiary/aromatic N) is 2. The molecule has 1 rings (SSSR count). The molecule has 0 aliphatic heterocycles. The first-order valence-corrected chi connectivity index (χ1v) is 6.87. The monoisotopic (exact) mass is 331 g/mol. The minimum atomic E-state index is -0.261. The van der Waals surface area contributed by atoms with Gasteiger partial charge >= 0.3 is 0 Å². The number of benzene rings is 1. The molecule has 1 aromatic rings. The summed E-state index contributed by atoms with van der Waals surface area (Å²) in [4.78, 5) is 2.18. The predicted molar refractivity (Wildman–Crippen MR) is 77.7 cm³/mol. The number of nitrogens with two attached hydrogens (primary N) is 1. The molecule has 0 heterocycles. The van der Waals surface area contributed by atoms with Gasteiger partial charge in [-0.15, -0.1) is 0 Å². The standard InChI is InChI=1S/C13H19BrFN3O/c1-9(2)18(6-5-13(16)17-19)8-10-3-4-11(15)7-12(10)14/h3-4,7,9,19H,5-6,8H2,1-2H3,(H2,16,17). The van der Waals surface area contributed by atoms with E-state index in [1.807, 2.05) is 0 Å². The third kappa shape index (κ3) is 5.16. The Morgan fingerprint density at radius 3 is 2.74 bits per heavy atom. The summed E-state index contributed by atoms with van der Waals surface area (Å²) < 4.78 is 13.8. The first kappa shape index (κ1) is 15.9. The number of oxime groups is 1. The first-order valence-electron chi connectivity index (χ1n) is 6.08. The maximum atomic E-state index is 13.0. The van der Waals surface area contributed by atoms with E-state index < -0.39 is 0 Å². The molecule has 0 aromatic heterocycles. The quantitative estimate of drug-likeness (QED) is 0.364. The van der Waals surface area contributed by atoms with Crippen LogP contribution in [-0.2, 0) is 6.54 Å². The van der Waals surface area contributed by atoms with Crippen LogP contribution in [0.25, 0.3) is 0 Å². The molecule has 3 N–H and O–H groups in total. The fourth-order valence-corrected chi connectivity index (χ4v) is 2.17. The summed E-state index contributed by atoms with van der Waals surface area (Å²) in [7, 11) is 0. The number of hydrogen-bond acceptors (Lipinski definition) is 3. The average Bonchev–Trinajstić information content (AvgIpc) is 2.35. The van der Waals surface area contributed by atoms with E-state index in [0.717, 1.165) is 10.0 Å². The second-order valence-corrected chi connectivity index (χ2v) is 5.50. The molecule has 4 nitrogen and oxygen atoms in total. The molecule has 0 radical (unpaired) electrons. The molecule has 19 heavy (non-hydrogen) atoms. The van der Waals surface area contributed by atoms with Gasteiger partial charge < -0.3 is 10.9 Å². The lowest BCUT2D eigenvalue weighted by Crippen LogP contribution is -2.33. The molecule has 0 aliphatic rings. The molecule has 0 saturated heterocycles. The van der Waals surface area contributed by atoms with Crippen LogP contribution in [0.1, 0.15) is 25.8 Å². The van der Waals surface area contributed by atoms with Crippen LogP contribution in [0.5, 0.6) is 0 Å². The lowest BCUT2D eigenvalue weighted by Gasteiger charge is -2.26.